The average molecular weight is 767 g/mol. The van der Waals surface area contributed by atoms with Gasteiger partial charge in [-0.15, -0.1) is 0 Å². The Balaban J connectivity index is 1.15. The second-order valence-corrected chi connectivity index (χ2v) is 20.1. The molecule has 0 aromatic carbocycles. The Labute approximate surface area is 319 Å². The van der Waals surface area contributed by atoms with E-state index in [0.717, 1.165) is 51.4 Å². The summed E-state index contributed by atoms with van der Waals surface area (Å²) in [5.41, 5.74) is -0.367. The molecule has 308 valence electrons. The fraction of sp³-hybridized carbons (Fsp3) is 0.927. The minimum Gasteiger partial charge on any atom is -0.481 e. The van der Waals surface area contributed by atoms with Crippen LogP contribution in [0.2, 0.25) is 0 Å². The summed E-state index contributed by atoms with van der Waals surface area (Å²) in [5, 5.41) is 84.7. The van der Waals surface area contributed by atoms with E-state index in [1.165, 1.54) is 5.57 Å². The maximum absolute atomic E-state index is 13.0. The van der Waals surface area contributed by atoms with Gasteiger partial charge in [0.1, 0.15) is 42.7 Å². The Kier molecular flexibility index (Phi) is 10.6. The van der Waals surface area contributed by atoms with Crippen molar-refractivity contribution in [1.29, 1.82) is 0 Å². The topological polar surface area (TPSA) is 216 Å². The first kappa shape index (κ1) is 40.9. The first-order valence-electron chi connectivity index (χ1n) is 20.4. The van der Waals surface area contributed by atoms with E-state index in [0.29, 0.717) is 18.8 Å². The van der Waals surface area contributed by atoms with Crippen molar-refractivity contribution < 1.29 is 64.6 Å². The second-order valence-electron chi connectivity index (χ2n) is 20.1. The number of carboxylic acid groups (broad SMARTS) is 1. The lowest BCUT2D eigenvalue weighted by molar-refractivity contribution is -0.368. The van der Waals surface area contributed by atoms with Crippen molar-refractivity contribution in [2.24, 2.45) is 50.2 Å². The minimum absolute atomic E-state index is 0.0233. The molecule has 0 spiro atoms. The van der Waals surface area contributed by atoms with Gasteiger partial charge in [-0.1, -0.05) is 53.2 Å². The molecule has 4 saturated carbocycles. The summed E-state index contributed by atoms with van der Waals surface area (Å²) in [5.74, 6) is -0.265. The standard InChI is InChI=1S/C41H66O13/c1-36(2)13-15-41(35(49)50)16-14-39(5)21(22(41)17-36)7-8-26-37(3)11-10-27(38(4,20-43)25(37)9-12-40(26,39)6)53-34-32(28(45)23(44)19-51-34)54-33-31(48)30(47)29(46)24(18-42)52-33/h7,22-34,42-48H,8-20H2,1-6H3,(H,49,50)/t22-,23+,24-,25?,26-,27+,28+,29-,30+,31-,32-,33+,34+,37+,38+,39-,40-,41+/m1/s1. The lowest BCUT2D eigenvalue weighted by Gasteiger charge is -2.71. The number of fused-ring (bicyclic) bond motifs is 7. The van der Waals surface area contributed by atoms with Gasteiger partial charge in [-0.3, -0.25) is 4.79 Å². The molecule has 13 nitrogen and oxygen atoms in total. The lowest BCUT2D eigenvalue weighted by atomic mass is 9.33. The maximum atomic E-state index is 13.0. The molecule has 1 unspecified atom stereocenters. The number of hydrogen-bond acceptors (Lipinski definition) is 12. The number of aliphatic carboxylic acids is 1. The van der Waals surface area contributed by atoms with E-state index in [4.69, 9.17) is 18.9 Å². The summed E-state index contributed by atoms with van der Waals surface area (Å²) in [4.78, 5) is 13.0. The van der Waals surface area contributed by atoms with Gasteiger partial charge < -0.3 is 59.8 Å². The molecule has 0 aromatic rings. The predicted octanol–water partition coefficient (Wildman–Crippen LogP) is 2.49. The molecule has 2 saturated heterocycles. The number of aliphatic hydroxyl groups is 7. The number of ether oxygens (including phenoxy) is 4. The number of rotatable bonds is 7. The van der Waals surface area contributed by atoms with Gasteiger partial charge in [0.15, 0.2) is 12.6 Å². The van der Waals surface area contributed by atoms with Crippen molar-refractivity contribution in [2.75, 3.05) is 19.8 Å². The number of hydrogen-bond donors (Lipinski definition) is 8. The third-order valence-electron chi connectivity index (χ3n) is 17.0. The van der Waals surface area contributed by atoms with E-state index in [2.05, 4.69) is 47.6 Å². The van der Waals surface area contributed by atoms with Gasteiger partial charge in [-0.2, -0.15) is 0 Å². The Morgan fingerprint density at radius 1 is 0.815 bits per heavy atom. The van der Waals surface area contributed by atoms with Crippen LogP contribution in [0.4, 0.5) is 0 Å². The molecule has 5 aliphatic carbocycles. The summed E-state index contributed by atoms with van der Waals surface area (Å²) in [6.07, 6.45) is -3.32. The SMILES string of the molecule is CC1(C)CC[C@]2(C(=O)O)CC[C@]3(C)C(=CC[C@@H]4[C@@]5(C)CC[C@H](O[C@@H]6OC[C@H](O)[C@H](O)[C@H]6O[C@@H]6O[C@H](CO)[C@@H](O)[C@H](O)[C@H]6O)[C@@](C)(CO)C5CC[C@]43C)[C@H]2C1. The van der Waals surface area contributed by atoms with Crippen LogP contribution in [0, 0.1) is 50.2 Å². The molecule has 2 aliphatic heterocycles. The molecular weight excluding hydrogens is 700 g/mol. The zero-order valence-corrected chi connectivity index (χ0v) is 32.9. The van der Waals surface area contributed by atoms with Crippen molar-refractivity contribution in [1.82, 2.24) is 0 Å². The normalized spacial score (nSPS) is 54.3. The zero-order valence-electron chi connectivity index (χ0n) is 32.9. The summed E-state index contributed by atoms with van der Waals surface area (Å²) in [7, 11) is 0. The highest BCUT2D eigenvalue weighted by Gasteiger charge is 2.70. The van der Waals surface area contributed by atoms with Gasteiger partial charge in [0.2, 0.25) is 0 Å². The van der Waals surface area contributed by atoms with Gasteiger partial charge in [0, 0.05) is 5.41 Å². The highest BCUT2D eigenvalue weighted by atomic mass is 16.8. The van der Waals surface area contributed by atoms with Crippen LogP contribution in [-0.4, -0.2) is 128 Å². The van der Waals surface area contributed by atoms with E-state index in [1.54, 1.807) is 0 Å². The van der Waals surface area contributed by atoms with Crippen LogP contribution in [-0.2, 0) is 23.7 Å². The van der Waals surface area contributed by atoms with Crippen LogP contribution >= 0.6 is 0 Å². The van der Waals surface area contributed by atoms with Crippen LogP contribution in [0.3, 0.4) is 0 Å². The fourth-order valence-corrected chi connectivity index (χ4v) is 13.4. The fourth-order valence-electron chi connectivity index (χ4n) is 13.4. The predicted molar refractivity (Wildman–Crippen MR) is 193 cm³/mol. The Morgan fingerprint density at radius 2 is 1.52 bits per heavy atom. The summed E-state index contributed by atoms with van der Waals surface area (Å²) < 4.78 is 24.1. The summed E-state index contributed by atoms with van der Waals surface area (Å²) >= 11 is 0. The van der Waals surface area contributed by atoms with E-state index >= 15 is 0 Å². The molecule has 6 fully saturated rings. The third kappa shape index (κ3) is 5.92. The first-order valence-corrected chi connectivity index (χ1v) is 20.4. The van der Waals surface area contributed by atoms with Gasteiger partial charge in [-0.25, -0.2) is 0 Å². The van der Waals surface area contributed by atoms with Gasteiger partial charge >= 0.3 is 5.97 Å². The molecule has 8 N–H and O–H groups in total. The molecule has 18 atom stereocenters. The first-order chi connectivity index (χ1) is 25.2. The number of allylic oxidation sites excluding steroid dienone is 2. The molecule has 0 bridgehead atoms. The molecule has 13 heteroatoms. The van der Waals surface area contributed by atoms with Crippen LogP contribution in [0.1, 0.15) is 106 Å². The summed E-state index contributed by atoms with van der Waals surface area (Å²) in [6.45, 7) is 12.8. The Hall–Kier alpha value is -1.23. The van der Waals surface area contributed by atoms with E-state index in [1.807, 2.05) is 0 Å². The largest absolute Gasteiger partial charge is 0.481 e. The Bertz CT molecular complexity index is 1450. The van der Waals surface area contributed by atoms with Crippen LogP contribution in [0.5, 0.6) is 0 Å². The lowest BCUT2D eigenvalue weighted by Crippen LogP contribution is -2.67. The molecule has 7 aliphatic rings. The average Bonchev–Trinajstić information content (AvgIpc) is 3.12. The Morgan fingerprint density at radius 3 is 2.19 bits per heavy atom. The van der Waals surface area contributed by atoms with Crippen molar-refractivity contribution >= 4 is 5.97 Å². The quantitative estimate of drug-likeness (QED) is 0.138. The van der Waals surface area contributed by atoms with Crippen LogP contribution < -0.4 is 0 Å². The second kappa shape index (κ2) is 14.0. The molecule has 54 heavy (non-hydrogen) atoms. The molecule has 7 rings (SSSR count). The smallest absolute Gasteiger partial charge is 0.310 e. The molecule has 2 heterocycles. The molecule has 0 aromatic heterocycles. The van der Waals surface area contributed by atoms with E-state index in [-0.39, 0.29) is 46.7 Å². The van der Waals surface area contributed by atoms with Gasteiger partial charge in [0.25, 0.3) is 0 Å². The molecular formula is C41H66O13. The van der Waals surface area contributed by atoms with E-state index < -0.39 is 84.8 Å². The maximum Gasteiger partial charge on any atom is 0.310 e. The van der Waals surface area contributed by atoms with Gasteiger partial charge in [0.05, 0.1) is 31.3 Å². The number of carbonyl (C=O) groups is 1. The monoisotopic (exact) mass is 766 g/mol. The van der Waals surface area contributed by atoms with Crippen molar-refractivity contribution in [3.05, 3.63) is 11.6 Å². The third-order valence-corrected chi connectivity index (χ3v) is 17.0. The van der Waals surface area contributed by atoms with E-state index in [9.17, 15) is 45.6 Å². The highest BCUT2D eigenvalue weighted by Crippen LogP contribution is 2.76. The number of carboxylic acids is 1. The van der Waals surface area contributed by atoms with Crippen LogP contribution in [0.25, 0.3) is 0 Å². The minimum atomic E-state index is -1.73. The molecule has 0 radical (unpaired) electrons. The zero-order chi connectivity index (χ0) is 39.4. The van der Waals surface area contributed by atoms with Crippen molar-refractivity contribution in [2.45, 2.75) is 167 Å². The van der Waals surface area contributed by atoms with Crippen molar-refractivity contribution in [3.63, 3.8) is 0 Å². The highest BCUT2D eigenvalue weighted by molar-refractivity contribution is 5.76. The van der Waals surface area contributed by atoms with Crippen LogP contribution in [0.15, 0.2) is 11.6 Å². The molecule has 0 amide bonds. The number of aliphatic hydroxyl groups excluding tert-OH is 7. The van der Waals surface area contributed by atoms with Gasteiger partial charge in [-0.05, 0) is 104 Å². The summed E-state index contributed by atoms with van der Waals surface area (Å²) in [6, 6.07) is 0. The van der Waals surface area contributed by atoms with Crippen molar-refractivity contribution in [3.8, 4) is 0 Å².